The van der Waals surface area contributed by atoms with Crippen molar-refractivity contribution in [2.75, 3.05) is 19.8 Å². The molecule has 0 radical (unpaired) electrons. The summed E-state index contributed by atoms with van der Waals surface area (Å²) in [6.45, 7) is 2.02. The normalized spacial score (nSPS) is 25.6. The van der Waals surface area contributed by atoms with E-state index in [1.54, 1.807) is 0 Å². The van der Waals surface area contributed by atoms with Gasteiger partial charge in [0.1, 0.15) is 5.71 Å². The molecule has 3 aliphatic heterocycles. The van der Waals surface area contributed by atoms with Gasteiger partial charge in [0.05, 0.1) is 5.92 Å². The van der Waals surface area contributed by atoms with E-state index in [1.807, 2.05) is 29.2 Å². The van der Waals surface area contributed by atoms with Crippen molar-refractivity contribution >= 4 is 23.2 Å². The van der Waals surface area contributed by atoms with Gasteiger partial charge in [0, 0.05) is 36.3 Å². The van der Waals surface area contributed by atoms with Crippen LogP contribution >= 0.6 is 11.6 Å². The summed E-state index contributed by atoms with van der Waals surface area (Å²) in [5.74, 6) is 6.44. The van der Waals surface area contributed by atoms with Crippen LogP contribution in [0, 0.1) is 23.7 Å². The first-order chi connectivity index (χ1) is 12.2. The number of oxime groups is 1. The lowest BCUT2D eigenvalue weighted by molar-refractivity contribution is -0.148. The first kappa shape index (κ1) is 16.4. The summed E-state index contributed by atoms with van der Waals surface area (Å²) in [4.78, 5) is 20.1. The van der Waals surface area contributed by atoms with Gasteiger partial charge in [0.25, 0.3) is 0 Å². The van der Waals surface area contributed by atoms with Crippen molar-refractivity contribution in [3.63, 3.8) is 0 Å². The predicted octanol–water partition coefficient (Wildman–Crippen LogP) is 2.68. The number of hydrogen-bond acceptors (Lipinski definition) is 4. The highest BCUT2D eigenvalue weighted by molar-refractivity contribution is 6.30. The van der Waals surface area contributed by atoms with Gasteiger partial charge in [-0.2, -0.15) is 0 Å². The van der Waals surface area contributed by atoms with Crippen LogP contribution in [0.2, 0.25) is 5.02 Å². The summed E-state index contributed by atoms with van der Waals surface area (Å²) in [5.41, 5.74) is 1.55. The molecule has 1 aromatic rings. The molecule has 3 aliphatic rings. The Balaban J connectivity index is 1.44. The van der Waals surface area contributed by atoms with Crippen molar-refractivity contribution in [2.24, 2.45) is 17.0 Å². The number of hydrogen-bond donors (Lipinski definition) is 0. The van der Waals surface area contributed by atoms with Gasteiger partial charge in [-0.3, -0.25) is 4.79 Å². The van der Waals surface area contributed by atoms with Crippen LogP contribution in [0.25, 0.3) is 0 Å². The van der Waals surface area contributed by atoms with Crippen LogP contribution in [-0.2, 0) is 14.4 Å². The quantitative estimate of drug-likeness (QED) is 0.725. The summed E-state index contributed by atoms with van der Waals surface area (Å²) in [6.07, 6.45) is 2.10. The van der Waals surface area contributed by atoms with E-state index in [4.69, 9.17) is 21.2 Å². The number of likely N-dealkylation sites (tertiary alicyclic amines) is 1. The summed E-state index contributed by atoms with van der Waals surface area (Å²) in [5, 5.41) is 4.78. The molecule has 5 nitrogen and oxygen atoms in total. The molecule has 0 bridgehead atoms. The molecule has 1 aromatic carbocycles. The highest BCUT2D eigenvalue weighted by Gasteiger charge is 2.46. The summed E-state index contributed by atoms with van der Waals surface area (Å²) < 4.78 is 5.35. The van der Waals surface area contributed by atoms with E-state index >= 15 is 0 Å². The fourth-order valence-electron chi connectivity index (χ4n) is 3.58. The van der Waals surface area contributed by atoms with Crippen molar-refractivity contribution in [1.82, 2.24) is 4.90 Å². The van der Waals surface area contributed by atoms with Crippen LogP contribution in [0.15, 0.2) is 29.4 Å². The Labute approximate surface area is 151 Å². The number of ether oxygens (including phenoxy) is 1. The monoisotopic (exact) mass is 358 g/mol. The number of fused-ring (bicyclic) bond motifs is 1. The topological polar surface area (TPSA) is 51.1 Å². The Kier molecular flexibility index (Phi) is 4.65. The Morgan fingerprint density at radius 3 is 2.88 bits per heavy atom. The van der Waals surface area contributed by atoms with Gasteiger partial charge in [0.15, 0.2) is 0 Å². The molecule has 3 heterocycles. The molecule has 0 spiro atoms. The minimum absolute atomic E-state index is 0.0395. The van der Waals surface area contributed by atoms with Crippen LogP contribution in [-0.4, -0.2) is 42.5 Å². The SMILES string of the molecule is O=C(C1CCOCC1)N1CCC2C(C#Cc3cccc(Cl)c3)=NOC21. The fourth-order valence-corrected chi connectivity index (χ4v) is 3.77. The third-order valence-electron chi connectivity index (χ3n) is 4.96. The molecule has 0 saturated carbocycles. The van der Waals surface area contributed by atoms with E-state index in [1.165, 1.54) is 0 Å². The van der Waals surface area contributed by atoms with Crippen molar-refractivity contribution < 1.29 is 14.4 Å². The first-order valence-electron chi connectivity index (χ1n) is 8.62. The molecule has 130 valence electrons. The molecule has 0 aliphatic carbocycles. The second kappa shape index (κ2) is 7.07. The first-order valence-corrected chi connectivity index (χ1v) is 9.00. The average Bonchev–Trinajstić information content (AvgIpc) is 3.22. The van der Waals surface area contributed by atoms with E-state index in [9.17, 15) is 4.79 Å². The maximum atomic E-state index is 12.8. The van der Waals surface area contributed by atoms with Gasteiger partial charge < -0.3 is 14.5 Å². The smallest absolute Gasteiger partial charge is 0.228 e. The molecular weight excluding hydrogens is 340 g/mol. The summed E-state index contributed by atoms with van der Waals surface area (Å²) >= 11 is 5.98. The van der Waals surface area contributed by atoms with E-state index in [2.05, 4.69) is 17.0 Å². The van der Waals surface area contributed by atoms with Gasteiger partial charge in [-0.25, -0.2) is 0 Å². The third-order valence-corrected chi connectivity index (χ3v) is 5.19. The molecule has 25 heavy (non-hydrogen) atoms. The molecule has 1 amide bonds. The highest BCUT2D eigenvalue weighted by Crippen LogP contribution is 2.33. The minimum atomic E-state index is -0.306. The number of halogens is 1. The Morgan fingerprint density at radius 1 is 1.24 bits per heavy atom. The molecule has 0 N–H and O–H groups in total. The Morgan fingerprint density at radius 2 is 2.08 bits per heavy atom. The van der Waals surface area contributed by atoms with E-state index in [0.29, 0.717) is 30.5 Å². The molecule has 4 rings (SSSR count). The summed E-state index contributed by atoms with van der Waals surface area (Å²) in [6, 6.07) is 7.40. The number of benzene rings is 1. The number of carbonyl (C=O) groups excluding carboxylic acids is 1. The number of rotatable bonds is 1. The molecule has 0 aromatic heterocycles. The lowest BCUT2D eigenvalue weighted by Gasteiger charge is -2.28. The van der Waals surface area contributed by atoms with Gasteiger partial charge in [-0.15, -0.1) is 0 Å². The molecule has 2 fully saturated rings. The van der Waals surface area contributed by atoms with Crippen LogP contribution in [0.1, 0.15) is 24.8 Å². The maximum Gasteiger partial charge on any atom is 0.228 e. The lowest BCUT2D eigenvalue weighted by atomic mass is 9.98. The Hall–Kier alpha value is -2.03. The van der Waals surface area contributed by atoms with Crippen molar-refractivity contribution in [2.45, 2.75) is 25.5 Å². The number of carbonyl (C=O) groups is 1. The zero-order valence-electron chi connectivity index (χ0n) is 13.8. The van der Waals surface area contributed by atoms with Crippen molar-refractivity contribution in [1.29, 1.82) is 0 Å². The van der Waals surface area contributed by atoms with E-state index in [-0.39, 0.29) is 24.0 Å². The van der Waals surface area contributed by atoms with E-state index in [0.717, 1.165) is 24.8 Å². The molecule has 2 saturated heterocycles. The van der Waals surface area contributed by atoms with Gasteiger partial charge >= 0.3 is 0 Å². The third kappa shape index (κ3) is 3.37. The van der Waals surface area contributed by atoms with Gasteiger partial charge in [-0.1, -0.05) is 28.7 Å². The van der Waals surface area contributed by atoms with Crippen molar-refractivity contribution in [3.8, 4) is 11.8 Å². The van der Waals surface area contributed by atoms with Gasteiger partial charge in [-0.05, 0) is 43.4 Å². The van der Waals surface area contributed by atoms with E-state index < -0.39 is 0 Å². The highest BCUT2D eigenvalue weighted by atomic mass is 35.5. The average molecular weight is 359 g/mol. The largest absolute Gasteiger partial charge is 0.381 e. The van der Waals surface area contributed by atoms with Crippen LogP contribution < -0.4 is 0 Å². The Bertz CT molecular complexity index is 761. The van der Waals surface area contributed by atoms with Crippen LogP contribution in [0.5, 0.6) is 0 Å². The van der Waals surface area contributed by atoms with Crippen LogP contribution in [0.3, 0.4) is 0 Å². The fraction of sp³-hybridized carbons (Fsp3) is 0.474. The minimum Gasteiger partial charge on any atom is -0.381 e. The zero-order chi connectivity index (χ0) is 17.2. The lowest BCUT2D eigenvalue weighted by Crippen LogP contribution is -2.43. The zero-order valence-corrected chi connectivity index (χ0v) is 14.5. The number of amides is 1. The predicted molar refractivity (Wildman–Crippen MR) is 94.0 cm³/mol. The molecule has 2 unspecified atom stereocenters. The maximum absolute atomic E-state index is 12.8. The second-order valence-electron chi connectivity index (χ2n) is 6.55. The van der Waals surface area contributed by atoms with Crippen LogP contribution in [0.4, 0.5) is 0 Å². The molecule has 6 heteroatoms. The second-order valence-corrected chi connectivity index (χ2v) is 6.98. The molecule has 2 atom stereocenters. The molecular formula is C19H19ClN2O3. The number of nitrogens with zero attached hydrogens (tertiary/aromatic N) is 2. The van der Waals surface area contributed by atoms with Gasteiger partial charge in [0.2, 0.25) is 12.1 Å². The standard InChI is InChI=1S/C19H19ClN2O3/c20-15-3-1-2-13(12-15)4-5-17-16-6-9-22(19(16)25-21-17)18(23)14-7-10-24-11-8-14/h1-3,12,14,16,19H,6-11H2. The van der Waals surface area contributed by atoms with Crippen molar-refractivity contribution in [3.05, 3.63) is 34.9 Å². The summed E-state index contributed by atoms with van der Waals surface area (Å²) in [7, 11) is 0.